The maximum atomic E-state index is 12.3. The number of amides is 2. The second-order valence-corrected chi connectivity index (χ2v) is 6.98. The molecule has 2 amide bonds. The lowest BCUT2D eigenvalue weighted by atomic mass is 9.99. The molecule has 8 nitrogen and oxygen atoms in total. The number of carboxylic acids is 1. The topological polar surface area (TPSA) is 145 Å². The van der Waals surface area contributed by atoms with Crippen molar-refractivity contribution in [3.63, 3.8) is 0 Å². The summed E-state index contributed by atoms with van der Waals surface area (Å²) in [6.07, 6.45) is 0.423. The summed E-state index contributed by atoms with van der Waals surface area (Å²) in [6, 6.07) is 15.2. The van der Waals surface area contributed by atoms with Crippen LogP contribution in [0.5, 0.6) is 0 Å². The summed E-state index contributed by atoms with van der Waals surface area (Å²) >= 11 is 0. The SMILES string of the molecule is N=C(N)c1ccc(NC(=O)C2CC2C(=O)NC[C@@H](C(=O)O)c2ccccc2)cc1. The first-order valence-corrected chi connectivity index (χ1v) is 9.17. The largest absolute Gasteiger partial charge is 0.481 e. The van der Waals surface area contributed by atoms with Gasteiger partial charge in [0.1, 0.15) is 5.84 Å². The standard InChI is InChI=1S/C21H22N4O4/c22-18(23)13-6-8-14(9-7-13)25-20(27)16-10-15(16)19(26)24-11-17(21(28)29)12-4-2-1-3-5-12/h1-9,15-17H,10-11H2,(H3,22,23)(H,24,26)(H,25,27)(H,28,29)/t15?,16?,17-/m1/s1. The fourth-order valence-electron chi connectivity index (χ4n) is 3.11. The number of benzene rings is 2. The molecule has 2 aromatic carbocycles. The Morgan fingerprint density at radius 1 is 1.03 bits per heavy atom. The van der Waals surface area contributed by atoms with Crippen LogP contribution in [0.3, 0.4) is 0 Å². The van der Waals surface area contributed by atoms with Crippen molar-refractivity contribution in [3.05, 3.63) is 65.7 Å². The summed E-state index contributed by atoms with van der Waals surface area (Å²) in [7, 11) is 0. The van der Waals surface area contributed by atoms with E-state index in [9.17, 15) is 19.5 Å². The monoisotopic (exact) mass is 394 g/mol. The number of nitrogen functional groups attached to an aromatic ring is 1. The Hall–Kier alpha value is -3.68. The van der Waals surface area contributed by atoms with E-state index >= 15 is 0 Å². The molecule has 1 saturated carbocycles. The van der Waals surface area contributed by atoms with Crippen molar-refractivity contribution < 1.29 is 19.5 Å². The first-order chi connectivity index (χ1) is 13.9. The van der Waals surface area contributed by atoms with E-state index in [-0.39, 0.29) is 24.2 Å². The third-order valence-electron chi connectivity index (χ3n) is 4.91. The van der Waals surface area contributed by atoms with Crippen molar-refractivity contribution in [2.45, 2.75) is 12.3 Å². The van der Waals surface area contributed by atoms with Crippen LogP contribution in [0.4, 0.5) is 5.69 Å². The summed E-state index contributed by atoms with van der Waals surface area (Å²) in [5.41, 5.74) is 7.12. The molecule has 0 spiro atoms. The van der Waals surface area contributed by atoms with Gasteiger partial charge in [-0.1, -0.05) is 30.3 Å². The van der Waals surface area contributed by atoms with E-state index in [2.05, 4.69) is 10.6 Å². The first-order valence-electron chi connectivity index (χ1n) is 9.17. The minimum Gasteiger partial charge on any atom is -0.481 e. The van der Waals surface area contributed by atoms with Crippen molar-refractivity contribution in [2.75, 3.05) is 11.9 Å². The Balaban J connectivity index is 1.51. The highest BCUT2D eigenvalue weighted by Gasteiger charge is 2.48. The molecule has 8 heteroatoms. The number of amidine groups is 1. The number of hydrogen-bond donors (Lipinski definition) is 5. The average molecular weight is 394 g/mol. The molecule has 2 unspecified atom stereocenters. The molecule has 1 fully saturated rings. The molecule has 29 heavy (non-hydrogen) atoms. The Kier molecular flexibility index (Phi) is 5.92. The van der Waals surface area contributed by atoms with Gasteiger partial charge in [0, 0.05) is 17.8 Å². The van der Waals surface area contributed by atoms with E-state index in [0.717, 1.165) is 0 Å². The number of hydrogen-bond acceptors (Lipinski definition) is 4. The number of carboxylic acid groups (broad SMARTS) is 1. The highest BCUT2D eigenvalue weighted by atomic mass is 16.4. The molecule has 3 rings (SSSR count). The highest BCUT2D eigenvalue weighted by molar-refractivity contribution is 6.00. The molecule has 1 aliphatic carbocycles. The van der Waals surface area contributed by atoms with Gasteiger partial charge in [-0.15, -0.1) is 0 Å². The molecule has 0 heterocycles. The van der Waals surface area contributed by atoms with Gasteiger partial charge in [0.2, 0.25) is 11.8 Å². The number of anilines is 1. The first kappa shape index (κ1) is 20.1. The number of carbonyl (C=O) groups is 3. The number of nitrogens with one attached hydrogen (secondary N) is 3. The minimum atomic E-state index is -1.02. The van der Waals surface area contributed by atoms with Gasteiger partial charge in [-0.05, 0) is 36.2 Å². The minimum absolute atomic E-state index is 0.0322. The lowest BCUT2D eigenvalue weighted by Crippen LogP contribution is -2.33. The van der Waals surface area contributed by atoms with Gasteiger partial charge in [0.15, 0.2) is 0 Å². The zero-order valence-electron chi connectivity index (χ0n) is 15.6. The Bertz CT molecular complexity index is 927. The van der Waals surface area contributed by atoms with Gasteiger partial charge in [-0.25, -0.2) is 0 Å². The number of aliphatic carboxylic acids is 1. The molecule has 0 bridgehead atoms. The summed E-state index contributed by atoms with van der Waals surface area (Å²) in [5.74, 6) is -3.41. The van der Waals surface area contributed by atoms with Crippen LogP contribution >= 0.6 is 0 Å². The van der Waals surface area contributed by atoms with Crippen LogP contribution in [0.25, 0.3) is 0 Å². The van der Waals surface area contributed by atoms with E-state index in [4.69, 9.17) is 11.1 Å². The molecule has 2 aromatic rings. The number of nitrogens with two attached hydrogens (primary N) is 1. The molecule has 6 N–H and O–H groups in total. The van der Waals surface area contributed by atoms with Gasteiger partial charge in [0.05, 0.1) is 17.8 Å². The van der Waals surface area contributed by atoms with Crippen LogP contribution in [0, 0.1) is 17.2 Å². The molecule has 150 valence electrons. The van der Waals surface area contributed by atoms with Gasteiger partial charge < -0.3 is 21.5 Å². The second-order valence-electron chi connectivity index (χ2n) is 6.98. The number of rotatable bonds is 8. The third kappa shape index (κ3) is 4.98. The Labute approximate surface area is 167 Å². The smallest absolute Gasteiger partial charge is 0.312 e. The van der Waals surface area contributed by atoms with Gasteiger partial charge in [-0.2, -0.15) is 0 Å². The van der Waals surface area contributed by atoms with Crippen LogP contribution in [-0.4, -0.2) is 35.3 Å². The van der Waals surface area contributed by atoms with E-state index in [1.807, 2.05) is 0 Å². The summed E-state index contributed by atoms with van der Waals surface area (Å²) in [6.45, 7) is -0.0322. The van der Waals surface area contributed by atoms with E-state index < -0.39 is 23.7 Å². The molecular weight excluding hydrogens is 372 g/mol. The molecule has 3 atom stereocenters. The molecule has 0 radical (unpaired) electrons. The van der Waals surface area contributed by atoms with E-state index in [1.165, 1.54) is 0 Å². The van der Waals surface area contributed by atoms with Crippen molar-refractivity contribution in [3.8, 4) is 0 Å². The quantitative estimate of drug-likeness (QED) is 0.340. The molecular formula is C21H22N4O4. The van der Waals surface area contributed by atoms with E-state index in [0.29, 0.717) is 23.2 Å². The zero-order chi connectivity index (χ0) is 21.0. The maximum absolute atomic E-state index is 12.3. The average Bonchev–Trinajstić information content (AvgIpc) is 3.50. The Morgan fingerprint density at radius 3 is 2.24 bits per heavy atom. The third-order valence-corrected chi connectivity index (χ3v) is 4.91. The van der Waals surface area contributed by atoms with Gasteiger partial charge in [-0.3, -0.25) is 19.8 Å². The predicted molar refractivity (Wildman–Crippen MR) is 108 cm³/mol. The van der Waals surface area contributed by atoms with Crippen LogP contribution < -0.4 is 16.4 Å². The highest BCUT2D eigenvalue weighted by Crippen LogP contribution is 2.39. The van der Waals surface area contributed by atoms with Crippen LogP contribution in [0.15, 0.2) is 54.6 Å². The van der Waals surface area contributed by atoms with E-state index in [1.54, 1.807) is 54.6 Å². The number of carbonyl (C=O) groups excluding carboxylic acids is 2. The summed E-state index contributed by atoms with van der Waals surface area (Å²) in [4.78, 5) is 36.2. The van der Waals surface area contributed by atoms with Crippen LogP contribution in [0.1, 0.15) is 23.5 Å². The van der Waals surface area contributed by atoms with Crippen LogP contribution in [-0.2, 0) is 14.4 Å². The fourth-order valence-corrected chi connectivity index (χ4v) is 3.11. The molecule has 0 saturated heterocycles. The Morgan fingerprint density at radius 2 is 1.66 bits per heavy atom. The van der Waals surface area contributed by atoms with Gasteiger partial charge in [0.25, 0.3) is 0 Å². The van der Waals surface area contributed by atoms with Crippen LogP contribution in [0.2, 0.25) is 0 Å². The molecule has 0 aliphatic heterocycles. The second kappa shape index (κ2) is 8.55. The maximum Gasteiger partial charge on any atom is 0.312 e. The lowest BCUT2D eigenvalue weighted by molar-refractivity contribution is -0.138. The normalized spacial score (nSPS) is 18.3. The van der Waals surface area contributed by atoms with Crippen molar-refractivity contribution in [2.24, 2.45) is 17.6 Å². The molecule has 1 aliphatic rings. The summed E-state index contributed by atoms with van der Waals surface area (Å²) < 4.78 is 0. The fraction of sp³-hybridized carbons (Fsp3) is 0.238. The van der Waals surface area contributed by atoms with Crippen molar-refractivity contribution >= 4 is 29.3 Å². The molecule has 0 aromatic heterocycles. The van der Waals surface area contributed by atoms with Gasteiger partial charge >= 0.3 is 5.97 Å². The summed E-state index contributed by atoms with van der Waals surface area (Å²) in [5, 5.41) is 22.2. The lowest BCUT2D eigenvalue weighted by Gasteiger charge is -2.14. The predicted octanol–water partition coefficient (Wildman–Crippen LogP) is 1.53. The zero-order valence-corrected chi connectivity index (χ0v) is 15.6. The van der Waals surface area contributed by atoms with Crippen molar-refractivity contribution in [1.82, 2.24) is 5.32 Å². The van der Waals surface area contributed by atoms with Crippen molar-refractivity contribution in [1.29, 1.82) is 5.41 Å².